The molecule has 0 N–H and O–H groups in total. The molecule has 9 heteroatoms. The fourth-order valence-electron chi connectivity index (χ4n) is 4.90. The lowest BCUT2D eigenvalue weighted by molar-refractivity contribution is 0.246. The molecule has 0 unspecified atom stereocenters. The van der Waals surface area contributed by atoms with Gasteiger partial charge in [0.1, 0.15) is 23.2 Å². The molecule has 6 rings (SSSR count). The quantitative estimate of drug-likeness (QED) is 0.372. The van der Waals surface area contributed by atoms with Gasteiger partial charge in [0.25, 0.3) is 0 Å². The molecule has 1 saturated heterocycles. The first kappa shape index (κ1) is 22.9. The number of rotatable bonds is 5. The van der Waals surface area contributed by atoms with Gasteiger partial charge < -0.3 is 4.90 Å². The molecule has 1 fully saturated rings. The average Bonchev–Trinajstić information content (AvgIpc) is 3.56. The summed E-state index contributed by atoms with van der Waals surface area (Å²) in [5.41, 5.74) is 7.39. The summed E-state index contributed by atoms with van der Waals surface area (Å²) in [5.74, 6) is 0.961. The highest BCUT2D eigenvalue weighted by Crippen LogP contribution is 2.30. The summed E-state index contributed by atoms with van der Waals surface area (Å²) in [5, 5.41) is 14.0. The van der Waals surface area contributed by atoms with Gasteiger partial charge >= 0.3 is 0 Å². The van der Waals surface area contributed by atoms with Crippen LogP contribution in [-0.2, 0) is 13.6 Å². The highest BCUT2D eigenvalue weighted by molar-refractivity contribution is 5.75. The number of pyridine rings is 3. The molecule has 1 aliphatic rings. The van der Waals surface area contributed by atoms with Crippen LogP contribution >= 0.6 is 0 Å². The van der Waals surface area contributed by atoms with Crippen molar-refractivity contribution in [2.45, 2.75) is 13.5 Å². The van der Waals surface area contributed by atoms with Crippen LogP contribution in [0.4, 0.5) is 5.82 Å². The summed E-state index contributed by atoms with van der Waals surface area (Å²) in [6.45, 7) is 6.76. The smallest absolute Gasteiger partial charge is 0.145 e. The molecule has 184 valence electrons. The van der Waals surface area contributed by atoms with E-state index in [0.717, 1.165) is 72.3 Å². The molecule has 0 aromatic carbocycles. The summed E-state index contributed by atoms with van der Waals surface area (Å²) in [6.07, 6.45) is 9.18. The maximum absolute atomic E-state index is 9.68. The van der Waals surface area contributed by atoms with E-state index in [1.807, 2.05) is 48.4 Å². The number of hydrogen-bond acceptors (Lipinski definition) is 7. The number of aryl methyl sites for hydroxylation is 2. The van der Waals surface area contributed by atoms with E-state index >= 15 is 0 Å². The van der Waals surface area contributed by atoms with Gasteiger partial charge in [-0.3, -0.25) is 19.0 Å². The van der Waals surface area contributed by atoms with Crippen molar-refractivity contribution < 1.29 is 0 Å². The lowest BCUT2D eigenvalue weighted by atomic mass is 10.1. The largest absolute Gasteiger partial charge is 0.354 e. The molecule has 6 heterocycles. The molecule has 0 atom stereocenters. The highest BCUT2D eigenvalue weighted by Gasteiger charge is 2.20. The highest BCUT2D eigenvalue weighted by atomic mass is 15.3. The van der Waals surface area contributed by atoms with Gasteiger partial charge in [0.2, 0.25) is 0 Å². The second-order valence-corrected chi connectivity index (χ2v) is 9.42. The van der Waals surface area contributed by atoms with Crippen LogP contribution in [0.1, 0.15) is 17.0 Å². The third-order valence-electron chi connectivity index (χ3n) is 6.99. The van der Waals surface area contributed by atoms with Crippen molar-refractivity contribution in [3.8, 4) is 28.5 Å². The fourth-order valence-corrected chi connectivity index (χ4v) is 4.90. The van der Waals surface area contributed by atoms with Crippen LogP contribution in [0.3, 0.4) is 0 Å². The number of anilines is 1. The van der Waals surface area contributed by atoms with Gasteiger partial charge in [-0.25, -0.2) is 9.97 Å². The van der Waals surface area contributed by atoms with Gasteiger partial charge in [-0.05, 0) is 48.4 Å². The number of fused-ring (bicyclic) bond motifs is 1. The number of hydrogen-bond donors (Lipinski definition) is 0. The number of nitrogens with zero attached hydrogens (tertiary/aromatic N) is 9. The van der Waals surface area contributed by atoms with Gasteiger partial charge in [0, 0.05) is 69.5 Å². The van der Waals surface area contributed by atoms with Gasteiger partial charge in [-0.1, -0.05) is 6.07 Å². The Morgan fingerprint density at radius 3 is 2.49 bits per heavy atom. The second-order valence-electron chi connectivity index (χ2n) is 9.42. The SMILES string of the molecule is Cc1cccnc1CN1CCN(c2ccc(-c3cc(-c4cnn(C)c4)cc4ncc(C#N)n34)cn2)CC1. The van der Waals surface area contributed by atoms with Gasteiger partial charge in [-0.2, -0.15) is 10.4 Å². The third kappa shape index (κ3) is 4.43. The van der Waals surface area contributed by atoms with Crippen LogP contribution in [-0.4, -0.2) is 60.2 Å². The van der Waals surface area contributed by atoms with Crippen molar-refractivity contribution in [3.63, 3.8) is 0 Å². The second kappa shape index (κ2) is 9.48. The molecular weight excluding hydrogens is 462 g/mol. The Morgan fingerprint density at radius 2 is 1.78 bits per heavy atom. The number of imidazole rings is 1. The number of aromatic nitrogens is 6. The van der Waals surface area contributed by atoms with Crippen molar-refractivity contribution in [3.05, 3.63) is 84.3 Å². The van der Waals surface area contributed by atoms with E-state index in [1.54, 1.807) is 10.9 Å². The van der Waals surface area contributed by atoms with E-state index in [4.69, 9.17) is 4.98 Å². The van der Waals surface area contributed by atoms with Crippen LogP contribution in [0, 0.1) is 18.3 Å². The van der Waals surface area contributed by atoms with Crippen LogP contribution in [0.2, 0.25) is 0 Å². The molecule has 0 amide bonds. The van der Waals surface area contributed by atoms with E-state index < -0.39 is 0 Å². The Balaban J connectivity index is 1.24. The summed E-state index contributed by atoms with van der Waals surface area (Å²) in [6, 6.07) is 14.6. The minimum absolute atomic E-state index is 0.492. The molecule has 1 aliphatic heterocycles. The first-order chi connectivity index (χ1) is 18.1. The molecule has 0 spiro atoms. The summed E-state index contributed by atoms with van der Waals surface area (Å²) in [7, 11) is 1.90. The van der Waals surface area contributed by atoms with Crippen molar-refractivity contribution in [2.24, 2.45) is 7.05 Å². The Kier molecular flexibility index (Phi) is 5.87. The molecule has 0 radical (unpaired) electrons. The normalized spacial score (nSPS) is 14.2. The molecular formula is C28H27N9. The van der Waals surface area contributed by atoms with E-state index in [9.17, 15) is 5.26 Å². The Bertz CT molecular complexity index is 1600. The topological polar surface area (TPSA) is 91.2 Å². The maximum atomic E-state index is 9.68. The van der Waals surface area contributed by atoms with E-state index in [-0.39, 0.29) is 0 Å². The molecule has 5 aromatic rings. The fraction of sp³-hybridized carbons (Fsp3) is 0.250. The first-order valence-corrected chi connectivity index (χ1v) is 12.3. The molecule has 37 heavy (non-hydrogen) atoms. The Labute approximate surface area is 215 Å². The predicted octanol–water partition coefficient (Wildman–Crippen LogP) is 3.69. The summed E-state index contributed by atoms with van der Waals surface area (Å²) < 4.78 is 3.66. The van der Waals surface area contributed by atoms with Gasteiger partial charge in [0.15, 0.2) is 0 Å². The van der Waals surface area contributed by atoms with E-state index in [2.05, 4.69) is 62.1 Å². The first-order valence-electron chi connectivity index (χ1n) is 12.3. The Hall–Kier alpha value is -4.55. The van der Waals surface area contributed by atoms with Crippen LogP contribution in [0.5, 0.6) is 0 Å². The molecule has 0 bridgehead atoms. The third-order valence-corrected chi connectivity index (χ3v) is 6.99. The van der Waals surface area contributed by atoms with Crippen molar-refractivity contribution in [2.75, 3.05) is 31.1 Å². The Morgan fingerprint density at radius 1 is 0.919 bits per heavy atom. The van der Waals surface area contributed by atoms with Crippen LogP contribution < -0.4 is 4.90 Å². The molecule has 0 aliphatic carbocycles. The van der Waals surface area contributed by atoms with Gasteiger partial charge in [-0.15, -0.1) is 0 Å². The van der Waals surface area contributed by atoms with Crippen LogP contribution in [0.25, 0.3) is 28.0 Å². The summed E-state index contributed by atoms with van der Waals surface area (Å²) in [4.78, 5) is 18.6. The van der Waals surface area contributed by atoms with Gasteiger partial charge in [0.05, 0.1) is 23.8 Å². The maximum Gasteiger partial charge on any atom is 0.145 e. The zero-order valence-corrected chi connectivity index (χ0v) is 20.9. The molecule has 5 aromatic heterocycles. The van der Waals surface area contributed by atoms with E-state index in [0.29, 0.717) is 5.69 Å². The zero-order valence-electron chi connectivity index (χ0n) is 20.9. The van der Waals surface area contributed by atoms with E-state index in [1.165, 1.54) is 5.56 Å². The number of nitriles is 1. The van der Waals surface area contributed by atoms with Crippen molar-refractivity contribution in [1.29, 1.82) is 5.26 Å². The van der Waals surface area contributed by atoms with Crippen LogP contribution in [0.15, 0.2) is 67.4 Å². The predicted molar refractivity (Wildman–Crippen MR) is 142 cm³/mol. The minimum atomic E-state index is 0.492. The lowest BCUT2D eigenvalue weighted by Gasteiger charge is -2.35. The molecule has 0 saturated carbocycles. The molecule has 9 nitrogen and oxygen atoms in total. The standard InChI is InChI=1S/C28H27N9/c1-20-4-3-7-30-25(20)19-35-8-10-36(11-9-35)27-6-5-21(15-31-27)26-12-22(23-16-33-34(2)18-23)13-28-32-17-24(14-29)37(26)28/h3-7,12-13,15-18H,8-11,19H2,1-2H3. The monoisotopic (exact) mass is 489 g/mol. The van der Waals surface area contributed by atoms with Crippen molar-refractivity contribution >= 4 is 11.5 Å². The van der Waals surface area contributed by atoms with Crippen molar-refractivity contribution in [1.82, 2.24) is 34.0 Å². The summed E-state index contributed by atoms with van der Waals surface area (Å²) >= 11 is 0. The number of piperazine rings is 1. The minimum Gasteiger partial charge on any atom is -0.354 e. The average molecular weight is 490 g/mol. The zero-order chi connectivity index (χ0) is 25.4. The lowest BCUT2D eigenvalue weighted by Crippen LogP contribution is -2.46.